The molecule has 0 fully saturated rings. The maximum atomic E-state index is 4.34. The van der Waals surface area contributed by atoms with E-state index in [0.29, 0.717) is 6.04 Å². The molecule has 2 heterocycles. The maximum absolute atomic E-state index is 4.34. The lowest BCUT2D eigenvalue weighted by molar-refractivity contribution is 0.483. The summed E-state index contributed by atoms with van der Waals surface area (Å²) >= 11 is 0. The molecule has 1 aliphatic rings. The van der Waals surface area contributed by atoms with Crippen LogP contribution in [0.4, 0.5) is 0 Å². The molecule has 3 rings (SSSR count). The Morgan fingerprint density at radius 1 is 1.25 bits per heavy atom. The lowest BCUT2D eigenvalue weighted by Gasteiger charge is -2.18. The average Bonchev–Trinajstić information content (AvgIpc) is 2.88. The molecule has 0 bridgehead atoms. The van der Waals surface area contributed by atoms with Crippen LogP contribution in [0.2, 0.25) is 0 Å². The molecule has 1 unspecified atom stereocenters. The highest BCUT2D eigenvalue weighted by atomic mass is 15.3. The van der Waals surface area contributed by atoms with Crippen molar-refractivity contribution in [3.05, 3.63) is 47.0 Å². The van der Waals surface area contributed by atoms with E-state index in [0.717, 1.165) is 31.2 Å². The molecule has 1 atom stereocenters. The molecule has 1 aliphatic heterocycles. The van der Waals surface area contributed by atoms with E-state index in [1.165, 1.54) is 24.0 Å². The monoisotopic (exact) mass is 270 g/mol. The predicted molar refractivity (Wildman–Crippen MR) is 79.4 cm³/mol. The highest BCUT2D eigenvalue weighted by Crippen LogP contribution is 2.18. The fourth-order valence-corrected chi connectivity index (χ4v) is 2.93. The summed E-state index contributed by atoms with van der Waals surface area (Å²) in [6.45, 7) is 6.21. The number of aryl methyl sites for hydroxylation is 2. The van der Waals surface area contributed by atoms with E-state index < -0.39 is 0 Å². The van der Waals surface area contributed by atoms with Gasteiger partial charge in [-0.1, -0.05) is 24.3 Å². The van der Waals surface area contributed by atoms with Crippen molar-refractivity contribution < 1.29 is 0 Å². The zero-order valence-electron chi connectivity index (χ0n) is 12.3. The molecule has 0 radical (unpaired) electrons. The van der Waals surface area contributed by atoms with Crippen molar-refractivity contribution in [2.24, 2.45) is 0 Å². The third-order valence-electron chi connectivity index (χ3n) is 4.16. The van der Waals surface area contributed by atoms with Crippen molar-refractivity contribution in [3.63, 3.8) is 0 Å². The fourth-order valence-electron chi connectivity index (χ4n) is 2.93. The van der Waals surface area contributed by atoms with Gasteiger partial charge >= 0.3 is 0 Å². The first-order valence-electron chi connectivity index (χ1n) is 7.45. The van der Waals surface area contributed by atoms with Crippen molar-refractivity contribution in [2.75, 3.05) is 0 Å². The van der Waals surface area contributed by atoms with Gasteiger partial charge in [0.2, 0.25) is 0 Å². The molecule has 1 aromatic carbocycles. The number of hydrogen-bond acceptors (Lipinski definition) is 3. The zero-order valence-corrected chi connectivity index (χ0v) is 12.3. The Bertz CT molecular complexity index is 588. The number of rotatable bonds is 4. The summed E-state index contributed by atoms with van der Waals surface area (Å²) in [4.78, 5) is 0. The second-order valence-corrected chi connectivity index (χ2v) is 5.60. The molecule has 106 valence electrons. The quantitative estimate of drug-likeness (QED) is 0.929. The van der Waals surface area contributed by atoms with Gasteiger partial charge in [0, 0.05) is 19.0 Å². The van der Waals surface area contributed by atoms with Crippen molar-refractivity contribution in [3.8, 4) is 0 Å². The average molecular weight is 270 g/mol. The van der Waals surface area contributed by atoms with Gasteiger partial charge in [-0.2, -0.15) is 0 Å². The van der Waals surface area contributed by atoms with Gasteiger partial charge in [0.25, 0.3) is 0 Å². The number of hydrogen-bond donors (Lipinski definition) is 1. The Hall–Kier alpha value is -1.68. The van der Waals surface area contributed by atoms with Crippen molar-refractivity contribution in [1.82, 2.24) is 20.1 Å². The molecule has 20 heavy (non-hydrogen) atoms. The van der Waals surface area contributed by atoms with Crippen LogP contribution >= 0.6 is 0 Å². The third kappa shape index (κ3) is 2.61. The standard InChI is InChI=1S/C16H22N4/c1-12-7-3-4-8-14(12)13(2)17-11-16-19-18-15-9-5-6-10-20(15)16/h3-4,7-8,13,17H,5-6,9-11H2,1-2H3. The number of benzene rings is 1. The maximum Gasteiger partial charge on any atom is 0.147 e. The van der Waals surface area contributed by atoms with Crippen LogP contribution in [0.15, 0.2) is 24.3 Å². The van der Waals surface area contributed by atoms with Crippen LogP contribution in [0.3, 0.4) is 0 Å². The van der Waals surface area contributed by atoms with Crippen LogP contribution in [0.1, 0.15) is 48.6 Å². The molecular weight excluding hydrogens is 248 g/mol. The Morgan fingerprint density at radius 2 is 2.10 bits per heavy atom. The Morgan fingerprint density at radius 3 is 2.95 bits per heavy atom. The lowest BCUT2D eigenvalue weighted by atomic mass is 10.0. The van der Waals surface area contributed by atoms with Gasteiger partial charge in [0.05, 0.1) is 6.54 Å². The number of fused-ring (bicyclic) bond motifs is 1. The largest absolute Gasteiger partial charge is 0.314 e. The Kier molecular flexibility index (Phi) is 3.83. The Balaban J connectivity index is 1.68. The topological polar surface area (TPSA) is 42.7 Å². The van der Waals surface area contributed by atoms with Crippen molar-refractivity contribution in [1.29, 1.82) is 0 Å². The molecule has 0 saturated heterocycles. The summed E-state index contributed by atoms with van der Waals surface area (Å²) in [5.41, 5.74) is 2.68. The van der Waals surface area contributed by atoms with E-state index in [9.17, 15) is 0 Å². The molecular formula is C16H22N4. The van der Waals surface area contributed by atoms with Crippen LogP contribution < -0.4 is 5.32 Å². The number of nitrogens with one attached hydrogen (secondary N) is 1. The van der Waals surface area contributed by atoms with E-state index in [1.807, 2.05) is 0 Å². The first-order valence-corrected chi connectivity index (χ1v) is 7.45. The van der Waals surface area contributed by atoms with Crippen molar-refractivity contribution in [2.45, 2.75) is 52.2 Å². The normalized spacial score (nSPS) is 15.9. The van der Waals surface area contributed by atoms with E-state index in [2.05, 4.69) is 58.2 Å². The molecule has 0 amide bonds. The molecule has 0 spiro atoms. The highest BCUT2D eigenvalue weighted by Gasteiger charge is 2.16. The zero-order chi connectivity index (χ0) is 13.9. The van der Waals surface area contributed by atoms with Gasteiger partial charge in [-0.15, -0.1) is 10.2 Å². The van der Waals surface area contributed by atoms with E-state index >= 15 is 0 Å². The smallest absolute Gasteiger partial charge is 0.147 e. The predicted octanol–water partition coefficient (Wildman–Crippen LogP) is 2.77. The summed E-state index contributed by atoms with van der Waals surface area (Å²) in [6, 6.07) is 8.85. The van der Waals surface area contributed by atoms with Gasteiger partial charge in [-0.3, -0.25) is 0 Å². The van der Waals surface area contributed by atoms with Crippen LogP contribution in [-0.2, 0) is 19.5 Å². The first-order chi connectivity index (χ1) is 9.75. The second-order valence-electron chi connectivity index (χ2n) is 5.60. The summed E-state index contributed by atoms with van der Waals surface area (Å²) in [5.74, 6) is 2.22. The van der Waals surface area contributed by atoms with Gasteiger partial charge in [-0.05, 0) is 37.8 Å². The van der Waals surface area contributed by atoms with Gasteiger partial charge in [-0.25, -0.2) is 0 Å². The Labute approximate surface area is 120 Å². The molecule has 2 aromatic rings. The van der Waals surface area contributed by atoms with E-state index in [-0.39, 0.29) is 0 Å². The van der Waals surface area contributed by atoms with Crippen LogP contribution in [-0.4, -0.2) is 14.8 Å². The summed E-state index contributed by atoms with van der Waals surface area (Å²) in [5, 5.41) is 12.2. The fraction of sp³-hybridized carbons (Fsp3) is 0.500. The molecule has 0 saturated carbocycles. The first kappa shape index (κ1) is 13.3. The third-order valence-corrected chi connectivity index (χ3v) is 4.16. The van der Waals surface area contributed by atoms with Crippen LogP contribution in [0.25, 0.3) is 0 Å². The molecule has 1 N–H and O–H groups in total. The minimum atomic E-state index is 0.327. The summed E-state index contributed by atoms with van der Waals surface area (Å²) in [7, 11) is 0. The molecule has 0 aliphatic carbocycles. The number of aromatic nitrogens is 3. The molecule has 1 aromatic heterocycles. The summed E-state index contributed by atoms with van der Waals surface area (Å²) in [6.07, 6.45) is 3.55. The van der Waals surface area contributed by atoms with Crippen molar-refractivity contribution >= 4 is 0 Å². The van der Waals surface area contributed by atoms with Gasteiger partial charge in [0.15, 0.2) is 0 Å². The SMILES string of the molecule is Cc1ccccc1C(C)NCc1nnc2n1CCCC2. The minimum Gasteiger partial charge on any atom is -0.314 e. The highest BCUT2D eigenvalue weighted by molar-refractivity contribution is 5.28. The van der Waals surface area contributed by atoms with E-state index in [4.69, 9.17) is 0 Å². The van der Waals surface area contributed by atoms with Gasteiger partial charge in [0.1, 0.15) is 11.6 Å². The second kappa shape index (κ2) is 5.75. The van der Waals surface area contributed by atoms with Gasteiger partial charge < -0.3 is 9.88 Å². The van der Waals surface area contributed by atoms with E-state index in [1.54, 1.807) is 0 Å². The van der Waals surface area contributed by atoms with Crippen LogP contribution in [0.5, 0.6) is 0 Å². The minimum absolute atomic E-state index is 0.327. The lowest BCUT2D eigenvalue weighted by Crippen LogP contribution is -2.22. The molecule has 4 heteroatoms. The molecule has 4 nitrogen and oxygen atoms in total. The van der Waals surface area contributed by atoms with Crippen LogP contribution in [0, 0.1) is 6.92 Å². The summed E-state index contributed by atoms with van der Waals surface area (Å²) < 4.78 is 2.28. The number of nitrogens with zero attached hydrogens (tertiary/aromatic N) is 3.